The lowest BCUT2D eigenvalue weighted by atomic mass is 10.2. The molecule has 1 atom stereocenters. The van der Waals surface area contributed by atoms with Crippen molar-refractivity contribution in [1.82, 2.24) is 14.3 Å². The summed E-state index contributed by atoms with van der Waals surface area (Å²) in [6.45, 7) is 0.468. The van der Waals surface area contributed by atoms with E-state index in [4.69, 9.17) is 11.6 Å². The van der Waals surface area contributed by atoms with Crippen LogP contribution in [0.2, 0.25) is 5.02 Å². The molecule has 1 aliphatic heterocycles. The van der Waals surface area contributed by atoms with Gasteiger partial charge in [-0.3, -0.25) is 0 Å². The number of rotatable bonds is 3. The molecule has 2 aromatic carbocycles. The van der Waals surface area contributed by atoms with E-state index >= 15 is 0 Å². The van der Waals surface area contributed by atoms with Crippen LogP contribution in [0.3, 0.4) is 0 Å². The molecule has 0 bridgehead atoms. The normalized spacial score (nSPS) is 19.1. The zero-order valence-corrected chi connectivity index (χ0v) is 14.4. The third-order valence-electron chi connectivity index (χ3n) is 4.35. The Balaban J connectivity index is 1.76. The molecule has 7 heteroatoms. The molecule has 1 aromatic heterocycles. The first-order chi connectivity index (χ1) is 11.6. The molecule has 124 valence electrons. The highest BCUT2D eigenvalue weighted by Gasteiger charge is 2.38. The maximum absolute atomic E-state index is 13.1. The Morgan fingerprint density at radius 2 is 1.88 bits per heavy atom. The number of aromatic nitrogens is 2. The molecule has 3 aromatic rings. The fourth-order valence-corrected chi connectivity index (χ4v) is 5.37. The van der Waals surface area contributed by atoms with Crippen molar-refractivity contribution in [3.8, 4) is 0 Å². The molecular weight excluding hydrogens is 346 g/mol. The van der Waals surface area contributed by atoms with Crippen molar-refractivity contribution < 1.29 is 8.42 Å². The van der Waals surface area contributed by atoms with Gasteiger partial charge >= 0.3 is 0 Å². The van der Waals surface area contributed by atoms with Crippen LogP contribution in [0.15, 0.2) is 53.4 Å². The summed E-state index contributed by atoms with van der Waals surface area (Å²) < 4.78 is 27.6. The second kappa shape index (κ2) is 5.88. The minimum Gasteiger partial charge on any atom is -0.341 e. The number of fused-ring (bicyclic) bond motifs is 1. The van der Waals surface area contributed by atoms with E-state index in [0.29, 0.717) is 12.4 Å². The minimum absolute atomic E-state index is 0.148. The first kappa shape index (κ1) is 15.6. The Morgan fingerprint density at radius 1 is 1.12 bits per heavy atom. The van der Waals surface area contributed by atoms with Crippen LogP contribution in [0, 0.1) is 0 Å². The lowest BCUT2D eigenvalue weighted by Gasteiger charge is -2.23. The average molecular weight is 362 g/mol. The van der Waals surface area contributed by atoms with Gasteiger partial charge < -0.3 is 4.98 Å². The third-order valence-corrected chi connectivity index (χ3v) is 6.76. The lowest BCUT2D eigenvalue weighted by molar-refractivity contribution is 0.386. The van der Waals surface area contributed by atoms with Crippen molar-refractivity contribution in [2.24, 2.45) is 0 Å². The maximum atomic E-state index is 13.1. The van der Waals surface area contributed by atoms with Gasteiger partial charge in [0.15, 0.2) is 0 Å². The quantitative estimate of drug-likeness (QED) is 0.772. The summed E-state index contributed by atoms with van der Waals surface area (Å²) >= 11 is 6.12. The summed E-state index contributed by atoms with van der Waals surface area (Å²) in [5, 5.41) is 0.243. The number of H-pyrrole nitrogens is 1. The van der Waals surface area contributed by atoms with Gasteiger partial charge in [-0.1, -0.05) is 35.9 Å². The summed E-state index contributed by atoms with van der Waals surface area (Å²) in [6.07, 6.45) is 1.54. The van der Waals surface area contributed by atoms with E-state index < -0.39 is 10.0 Å². The molecule has 1 aliphatic rings. The Kier molecular flexibility index (Phi) is 3.83. The average Bonchev–Trinajstić information content (AvgIpc) is 3.21. The molecule has 1 N–H and O–H groups in total. The van der Waals surface area contributed by atoms with Gasteiger partial charge in [-0.2, -0.15) is 4.31 Å². The highest BCUT2D eigenvalue weighted by Crippen LogP contribution is 2.37. The molecule has 5 nitrogen and oxygen atoms in total. The van der Waals surface area contributed by atoms with Crippen LogP contribution in [-0.4, -0.2) is 29.2 Å². The topological polar surface area (TPSA) is 66.1 Å². The van der Waals surface area contributed by atoms with Gasteiger partial charge in [0.05, 0.1) is 22.1 Å². The number of nitrogens with zero attached hydrogens (tertiary/aromatic N) is 2. The van der Waals surface area contributed by atoms with Gasteiger partial charge in [0.1, 0.15) is 10.7 Å². The molecule has 0 saturated carbocycles. The largest absolute Gasteiger partial charge is 0.341 e. The number of imidazole rings is 1. The predicted octanol–water partition coefficient (Wildman–Crippen LogP) is 3.74. The van der Waals surface area contributed by atoms with Crippen LogP contribution in [0.25, 0.3) is 11.0 Å². The predicted molar refractivity (Wildman–Crippen MR) is 93.4 cm³/mol. The molecule has 0 amide bonds. The van der Waals surface area contributed by atoms with Crippen molar-refractivity contribution in [2.45, 2.75) is 23.8 Å². The standard InChI is InChI=1S/C17H16ClN3O2S/c18-12-6-1-4-10-16(12)24(22,23)21-11-5-9-15(21)17-19-13-7-2-3-8-14(13)20-17/h1-4,6-8,10,15H,5,9,11H2,(H,19,20)/t15-/m1/s1. The summed E-state index contributed by atoms with van der Waals surface area (Å²) in [5.74, 6) is 0.685. The number of hydrogen-bond acceptors (Lipinski definition) is 3. The molecule has 4 rings (SSSR count). The Hall–Kier alpha value is -1.89. The number of halogens is 1. The van der Waals surface area contributed by atoms with E-state index in [1.54, 1.807) is 24.3 Å². The zero-order chi connectivity index (χ0) is 16.7. The molecule has 0 unspecified atom stereocenters. The number of sulfonamides is 1. The SMILES string of the molecule is O=S(=O)(c1ccccc1Cl)N1CCC[C@@H]1c1nc2ccccc2[nH]1. The molecule has 0 spiro atoms. The first-order valence-corrected chi connectivity index (χ1v) is 9.60. The van der Waals surface area contributed by atoms with E-state index in [2.05, 4.69) is 9.97 Å². The number of hydrogen-bond donors (Lipinski definition) is 1. The Labute approximate surface area is 145 Å². The van der Waals surface area contributed by atoms with Crippen LogP contribution < -0.4 is 0 Å². The lowest BCUT2D eigenvalue weighted by Crippen LogP contribution is -2.31. The van der Waals surface area contributed by atoms with Gasteiger partial charge in [0.2, 0.25) is 10.0 Å². The van der Waals surface area contributed by atoms with Crippen molar-refractivity contribution in [1.29, 1.82) is 0 Å². The van der Waals surface area contributed by atoms with Crippen LogP contribution in [0.1, 0.15) is 24.7 Å². The Bertz CT molecular complexity index is 967. The van der Waals surface area contributed by atoms with Gasteiger partial charge in [-0.25, -0.2) is 13.4 Å². The minimum atomic E-state index is -3.66. The second-order valence-electron chi connectivity index (χ2n) is 5.84. The molecule has 1 saturated heterocycles. The van der Waals surface area contributed by atoms with Gasteiger partial charge in [-0.15, -0.1) is 0 Å². The second-order valence-corrected chi connectivity index (χ2v) is 8.11. The Morgan fingerprint density at radius 3 is 2.67 bits per heavy atom. The highest BCUT2D eigenvalue weighted by atomic mass is 35.5. The molecular formula is C17H16ClN3O2S. The molecule has 0 radical (unpaired) electrons. The van der Waals surface area contributed by atoms with Crippen LogP contribution in [0.5, 0.6) is 0 Å². The smallest absolute Gasteiger partial charge is 0.245 e. The van der Waals surface area contributed by atoms with Crippen molar-refractivity contribution >= 4 is 32.7 Å². The van der Waals surface area contributed by atoms with E-state index in [1.165, 1.54) is 4.31 Å². The van der Waals surface area contributed by atoms with Crippen molar-refractivity contribution in [2.75, 3.05) is 6.54 Å². The summed E-state index contributed by atoms with van der Waals surface area (Å²) in [7, 11) is -3.66. The third kappa shape index (κ3) is 2.51. The highest BCUT2D eigenvalue weighted by molar-refractivity contribution is 7.89. The van der Waals surface area contributed by atoms with Crippen molar-refractivity contribution in [3.63, 3.8) is 0 Å². The summed E-state index contributed by atoms with van der Waals surface area (Å²) in [5.41, 5.74) is 1.75. The number of aromatic amines is 1. The van der Waals surface area contributed by atoms with E-state index in [1.807, 2.05) is 24.3 Å². The van der Waals surface area contributed by atoms with Gasteiger partial charge in [0.25, 0.3) is 0 Å². The van der Waals surface area contributed by atoms with Gasteiger partial charge in [0, 0.05) is 6.54 Å². The van der Waals surface area contributed by atoms with E-state index in [0.717, 1.165) is 23.9 Å². The van der Waals surface area contributed by atoms with E-state index in [-0.39, 0.29) is 16.0 Å². The summed E-state index contributed by atoms with van der Waals surface area (Å²) in [4.78, 5) is 7.98. The van der Waals surface area contributed by atoms with Crippen LogP contribution in [-0.2, 0) is 10.0 Å². The van der Waals surface area contributed by atoms with Crippen LogP contribution >= 0.6 is 11.6 Å². The zero-order valence-electron chi connectivity index (χ0n) is 12.8. The molecule has 1 fully saturated rings. The van der Waals surface area contributed by atoms with E-state index in [9.17, 15) is 8.42 Å². The first-order valence-electron chi connectivity index (χ1n) is 7.78. The number of benzene rings is 2. The van der Waals surface area contributed by atoms with Crippen molar-refractivity contribution in [3.05, 3.63) is 59.4 Å². The monoisotopic (exact) mass is 361 g/mol. The molecule has 2 heterocycles. The van der Waals surface area contributed by atoms with Crippen LogP contribution in [0.4, 0.5) is 0 Å². The fraction of sp³-hybridized carbons (Fsp3) is 0.235. The molecule has 0 aliphatic carbocycles. The van der Waals surface area contributed by atoms with Gasteiger partial charge in [-0.05, 0) is 37.1 Å². The molecule has 24 heavy (non-hydrogen) atoms. The maximum Gasteiger partial charge on any atom is 0.245 e. The number of nitrogens with one attached hydrogen (secondary N) is 1. The summed E-state index contributed by atoms with van der Waals surface area (Å²) in [6, 6.07) is 14.0. The fourth-order valence-electron chi connectivity index (χ4n) is 3.21. The number of para-hydroxylation sites is 2.